The molecular weight excluding hydrogens is 210 g/mol. The van der Waals surface area contributed by atoms with E-state index < -0.39 is 0 Å². The molecule has 1 aromatic carbocycles. The summed E-state index contributed by atoms with van der Waals surface area (Å²) >= 11 is 0. The van der Waals surface area contributed by atoms with Crippen LogP contribution in [0.1, 0.15) is 25.8 Å². The van der Waals surface area contributed by atoms with Gasteiger partial charge in [0, 0.05) is 24.3 Å². The minimum atomic E-state index is 0.0911. The molecule has 1 aliphatic heterocycles. The molecule has 1 unspecified atom stereocenters. The summed E-state index contributed by atoms with van der Waals surface area (Å²) in [6.07, 6.45) is 2.83. The van der Waals surface area contributed by atoms with Crippen molar-refractivity contribution in [3.63, 3.8) is 0 Å². The molecule has 2 nitrogen and oxygen atoms in total. The Kier molecular flexibility index (Phi) is 3.25. The number of nitrogens with zero attached hydrogens (tertiary/aromatic N) is 1. The number of hydrogen-bond acceptors (Lipinski definition) is 2. The van der Waals surface area contributed by atoms with Gasteiger partial charge in [0.2, 0.25) is 0 Å². The third-order valence-corrected chi connectivity index (χ3v) is 3.76. The summed E-state index contributed by atoms with van der Waals surface area (Å²) < 4.78 is 0. The van der Waals surface area contributed by atoms with Crippen molar-refractivity contribution in [1.29, 1.82) is 0 Å². The van der Waals surface area contributed by atoms with Crippen molar-refractivity contribution >= 4 is 5.69 Å². The Labute approximate surface area is 104 Å². The van der Waals surface area contributed by atoms with Crippen molar-refractivity contribution in [3.05, 3.63) is 42.5 Å². The third kappa shape index (κ3) is 1.87. The first-order chi connectivity index (χ1) is 8.12. The minimum absolute atomic E-state index is 0.0911. The Morgan fingerprint density at radius 1 is 1.41 bits per heavy atom. The Bertz CT molecular complexity index is 411. The lowest BCUT2D eigenvalue weighted by atomic mass is 9.80. The van der Waals surface area contributed by atoms with Gasteiger partial charge in [-0.05, 0) is 18.1 Å². The molecule has 17 heavy (non-hydrogen) atoms. The molecule has 0 saturated heterocycles. The average molecular weight is 231 g/mol. The topological polar surface area (TPSA) is 23.5 Å². The molecule has 92 valence electrons. The zero-order chi connectivity index (χ0) is 12.5. The monoisotopic (exact) mass is 231 g/mol. The van der Waals surface area contributed by atoms with Crippen LogP contribution in [0.25, 0.3) is 0 Å². The maximum atomic E-state index is 9.01. The molecule has 2 heteroatoms. The molecule has 0 radical (unpaired) electrons. The largest absolute Gasteiger partial charge is 0.396 e. The fourth-order valence-electron chi connectivity index (χ4n) is 2.89. The van der Waals surface area contributed by atoms with E-state index in [0.717, 1.165) is 13.0 Å². The van der Waals surface area contributed by atoms with Gasteiger partial charge in [0.1, 0.15) is 0 Å². The summed E-state index contributed by atoms with van der Waals surface area (Å²) in [6.45, 7) is 9.62. The van der Waals surface area contributed by atoms with Crippen LogP contribution in [0.4, 0.5) is 5.69 Å². The quantitative estimate of drug-likeness (QED) is 0.805. The molecule has 0 aromatic heterocycles. The summed E-state index contributed by atoms with van der Waals surface area (Å²) in [5.74, 6) is 0. The highest BCUT2D eigenvalue weighted by atomic mass is 16.3. The standard InChI is InChI=1S/C15H21NO/c1-4-14-15(2,3)12-8-5-6-9-13(12)16(14)10-7-11-17/h4-6,8-9,14,17H,1,7,10-11H2,2-3H3. The molecule has 0 aliphatic carbocycles. The van der Waals surface area contributed by atoms with E-state index >= 15 is 0 Å². The summed E-state index contributed by atoms with van der Waals surface area (Å²) in [5.41, 5.74) is 2.76. The molecule has 0 bridgehead atoms. The minimum Gasteiger partial charge on any atom is -0.396 e. The number of aliphatic hydroxyl groups excluding tert-OH is 1. The maximum absolute atomic E-state index is 9.01. The Morgan fingerprint density at radius 3 is 2.76 bits per heavy atom. The van der Waals surface area contributed by atoms with Gasteiger partial charge < -0.3 is 10.0 Å². The normalized spacial score (nSPS) is 21.4. The van der Waals surface area contributed by atoms with Crippen molar-refractivity contribution in [2.24, 2.45) is 0 Å². The van der Waals surface area contributed by atoms with Crippen molar-refractivity contribution in [1.82, 2.24) is 0 Å². The van der Waals surface area contributed by atoms with Gasteiger partial charge in [-0.15, -0.1) is 6.58 Å². The number of fused-ring (bicyclic) bond motifs is 1. The second-order valence-corrected chi connectivity index (χ2v) is 5.19. The highest BCUT2D eigenvalue weighted by Crippen LogP contribution is 2.45. The van der Waals surface area contributed by atoms with Crippen molar-refractivity contribution in [2.75, 3.05) is 18.1 Å². The van der Waals surface area contributed by atoms with E-state index in [9.17, 15) is 0 Å². The van der Waals surface area contributed by atoms with Crippen molar-refractivity contribution < 1.29 is 5.11 Å². The van der Waals surface area contributed by atoms with Crippen LogP contribution in [0.3, 0.4) is 0 Å². The molecule has 0 spiro atoms. The van der Waals surface area contributed by atoms with Crippen LogP contribution >= 0.6 is 0 Å². The van der Waals surface area contributed by atoms with E-state index in [1.165, 1.54) is 11.3 Å². The number of rotatable bonds is 4. The number of benzene rings is 1. The van der Waals surface area contributed by atoms with Gasteiger partial charge in [0.05, 0.1) is 6.04 Å². The Hall–Kier alpha value is -1.28. The summed E-state index contributed by atoms with van der Waals surface area (Å²) in [7, 11) is 0. The van der Waals surface area contributed by atoms with Crippen LogP contribution in [-0.4, -0.2) is 24.3 Å². The van der Waals surface area contributed by atoms with Gasteiger partial charge in [-0.2, -0.15) is 0 Å². The predicted octanol–water partition coefficient (Wildman–Crippen LogP) is 2.72. The zero-order valence-corrected chi connectivity index (χ0v) is 10.7. The van der Waals surface area contributed by atoms with E-state index in [-0.39, 0.29) is 12.0 Å². The van der Waals surface area contributed by atoms with E-state index in [1.54, 1.807) is 0 Å². The molecule has 1 atom stereocenters. The number of hydrogen-bond donors (Lipinski definition) is 1. The van der Waals surface area contributed by atoms with Gasteiger partial charge in [-0.25, -0.2) is 0 Å². The second kappa shape index (κ2) is 4.53. The molecule has 0 amide bonds. The Balaban J connectivity index is 2.41. The van der Waals surface area contributed by atoms with Crippen LogP contribution in [0.2, 0.25) is 0 Å². The van der Waals surface area contributed by atoms with Gasteiger partial charge >= 0.3 is 0 Å². The van der Waals surface area contributed by atoms with Gasteiger partial charge in [-0.3, -0.25) is 0 Å². The van der Waals surface area contributed by atoms with Crippen LogP contribution in [-0.2, 0) is 5.41 Å². The highest BCUT2D eigenvalue weighted by Gasteiger charge is 2.42. The van der Waals surface area contributed by atoms with E-state index in [0.29, 0.717) is 6.04 Å². The van der Waals surface area contributed by atoms with Crippen LogP contribution in [0.5, 0.6) is 0 Å². The Morgan fingerprint density at radius 2 is 2.12 bits per heavy atom. The predicted molar refractivity (Wildman–Crippen MR) is 72.5 cm³/mol. The lowest BCUT2D eigenvalue weighted by molar-refractivity contribution is 0.287. The lowest BCUT2D eigenvalue weighted by Gasteiger charge is -2.32. The molecule has 1 aliphatic rings. The number of aliphatic hydroxyl groups is 1. The zero-order valence-electron chi connectivity index (χ0n) is 10.7. The second-order valence-electron chi connectivity index (χ2n) is 5.19. The molecule has 1 aromatic rings. The molecule has 0 fully saturated rings. The van der Waals surface area contributed by atoms with Crippen molar-refractivity contribution in [3.8, 4) is 0 Å². The van der Waals surface area contributed by atoms with E-state index in [1.807, 2.05) is 6.08 Å². The SMILES string of the molecule is C=CC1N(CCCO)c2ccccc2C1(C)C. The molecular formula is C15H21NO. The van der Waals surface area contributed by atoms with E-state index in [2.05, 4.69) is 49.6 Å². The molecule has 1 heterocycles. The first kappa shape index (κ1) is 12.2. The maximum Gasteiger partial charge on any atom is 0.0562 e. The van der Waals surface area contributed by atoms with Crippen LogP contribution in [0, 0.1) is 0 Å². The number of para-hydroxylation sites is 1. The number of anilines is 1. The fourth-order valence-corrected chi connectivity index (χ4v) is 2.89. The first-order valence-electron chi connectivity index (χ1n) is 6.22. The molecule has 1 N–H and O–H groups in total. The first-order valence-corrected chi connectivity index (χ1v) is 6.22. The molecule has 2 rings (SSSR count). The average Bonchev–Trinajstić information content (AvgIpc) is 2.55. The molecule has 0 saturated carbocycles. The van der Waals surface area contributed by atoms with Crippen molar-refractivity contribution in [2.45, 2.75) is 31.7 Å². The highest BCUT2D eigenvalue weighted by molar-refractivity contribution is 5.65. The summed E-state index contributed by atoms with van der Waals surface area (Å²) in [6, 6.07) is 8.84. The van der Waals surface area contributed by atoms with Gasteiger partial charge in [0.25, 0.3) is 0 Å². The van der Waals surface area contributed by atoms with Gasteiger partial charge in [0.15, 0.2) is 0 Å². The van der Waals surface area contributed by atoms with Crippen LogP contribution in [0.15, 0.2) is 36.9 Å². The third-order valence-electron chi connectivity index (χ3n) is 3.76. The lowest BCUT2D eigenvalue weighted by Crippen LogP contribution is -2.40. The van der Waals surface area contributed by atoms with Gasteiger partial charge in [-0.1, -0.05) is 38.1 Å². The fraction of sp³-hybridized carbons (Fsp3) is 0.467. The summed E-state index contributed by atoms with van der Waals surface area (Å²) in [4.78, 5) is 2.36. The smallest absolute Gasteiger partial charge is 0.0562 e. The van der Waals surface area contributed by atoms with E-state index in [4.69, 9.17) is 5.11 Å². The summed E-state index contributed by atoms with van der Waals surface area (Å²) in [5, 5.41) is 9.01. The van der Waals surface area contributed by atoms with Crippen LogP contribution < -0.4 is 4.90 Å².